The molecule has 0 bridgehead atoms. The molecule has 1 N–H and O–H groups in total. The van der Waals surface area contributed by atoms with Crippen molar-refractivity contribution in [2.45, 2.75) is 26.2 Å². The quantitative estimate of drug-likeness (QED) is 0.686. The van der Waals surface area contributed by atoms with Gasteiger partial charge < -0.3 is 10.1 Å². The molecule has 70 valence electrons. The fourth-order valence-electron chi connectivity index (χ4n) is 1.42. The summed E-state index contributed by atoms with van der Waals surface area (Å²) in [4.78, 5) is 11.3. The molecular weight excluding hydrogens is 154 g/mol. The maximum atomic E-state index is 11.3. The van der Waals surface area contributed by atoms with E-state index in [0.29, 0.717) is 13.2 Å². The molecule has 1 rings (SSSR count). The summed E-state index contributed by atoms with van der Waals surface area (Å²) in [6.45, 7) is 4.07. The van der Waals surface area contributed by atoms with Crippen LogP contribution in [0, 0.1) is 5.92 Å². The first-order chi connectivity index (χ1) is 5.84. The maximum Gasteiger partial charge on any atom is 0.225 e. The molecule has 1 saturated heterocycles. The third-order valence-corrected chi connectivity index (χ3v) is 2.17. The third-order valence-electron chi connectivity index (χ3n) is 2.17. The number of amides is 1. The van der Waals surface area contributed by atoms with Crippen LogP contribution < -0.4 is 5.32 Å². The molecule has 1 aliphatic heterocycles. The van der Waals surface area contributed by atoms with Gasteiger partial charge in [-0.15, -0.1) is 0 Å². The molecule has 0 spiro atoms. The van der Waals surface area contributed by atoms with Crippen molar-refractivity contribution in [3.8, 4) is 0 Å². The first-order valence-electron chi connectivity index (χ1n) is 4.70. The van der Waals surface area contributed by atoms with Gasteiger partial charge in [-0.2, -0.15) is 0 Å². The highest BCUT2D eigenvalue weighted by atomic mass is 16.5. The molecule has 0 aromatic heterocycles. The van der Waals surface area contributed by atoms with E-state index in [1.165, 1.54) is 0 Å². The van der Waals surface area contributed by atoms with E-state index in [1.54, 1.807) is 0 Å². The van der Waals surface area contributed by atoms with Crippen molar-refractivity contribution in [1.82, 2.24) is 5.32 Å². The van der Waals surface area contributed by atoms with Crippen molar-refractivity contribution in [1.29, 1.82) is 0 Å². The molecule has 1 heterocycles. The van der Waals surface area contributed by atoms with E-state index in [2.05, 4.69) is 5.32 Å². The van der Waals surface area contributed by atoms with Gasteiger partial charge in [-0.05, 0) is 19.8 Å². The summed E-state index contributed by atoms with van der Waals surface area (Å²) in [5.74, 6) is 0.258. The summed E-state index contributed by atoms with van der Waals surface area (Å²) in [6.07, 6.45) is 3.22. The lowest BCUT2D eigenvalue weighted by Gasteiger charge is -2.11. The zero-order valence-corrected chi connectivity index (χ0v) is 7.64. The first kappa shape index (κ1) is 9.52. The summed E-state index contributed by atoms with van der Waals surface area (Å²) in [6, 6.07) is 0. The van der Waals surface area contributed by atoms with Gasteiger partial charge in [0.05, 0.1) is 12.5 Å². The molecule has 0 saturated carbocycles. The zero-order chi connectivity index (χ0) is 8.81. The summed E-state index contributed by atoms with van der Waals surface area (Å²) in [5.41, 5.74) is 0. The standard InChI is InChI=1S/C9H17NO2/c1-2-12-7-8-5-3-4-6-10-9(8)11/h8H,2-7H2,1H3,(H,10,11). The molecule has 0 aliphatic carbocycles. The molecule has 1 aliphatic rings. The fourth-order valence-corrected chi connectivity index (χ4v) is 1.42. The Morgan fingerprint density at radius 3 is 3.17 bits per heavy atom. The second kappa shape index (κ2) is 5.14. The van der Waals surface area contributed by atoms with Crippen molar-refractivity contribution in [2.24, 2.45) is 5.92 Å². The van der Waals surface area contributed by atoms with Gasteiger partial charge in [-0.25, -0.2) is 0 Å². The molecule has 0 radical (unpaired) electrons. The van der Waals surface area contributed by atoms with Crippen molar-refractivity contribution < 1.29 is 9.53 Å². The molecule has 0 aromatic rings. The predicted octanol–water partition coefficient (Wildman–Crippen LogP) is 0.939. The SMILES string of the molecule is CCOCC1CCCCNC1=O. The van der Waals surface area contributed by atoms with Crippen LogP contribution in [0.25, 0.3) is 0 Å². The van der Waals surface area contributed by atoms with Crippen molar-refractivity contribution >= 4 is 5.91 Å². The smallest absolute Gasteiger partial charge is 0.225 e. The molecule has 12 heavy (non-hydrogen) atoms. The van der Waals surface area contributed by atoms with E-state index < -0.39 is 0 Å². The van der Waals surface area contributed by atoms with E-state index in [4.69, 9.17) is 4.74 Å². The van der Waals surface area contributed by atoms with Gasteiger partial charge >= 0.3 is 0 Å². The number of hydrogen-bond donors (Lipinski definition) is 1. The fraction of sp³-hybridized carbons (Fsp3) is 0.889. The van der Waals surface area contributed by atoms with Crippen LogP contribution in [0.4, 0.5) is 0 Å². The molecule has 1 unspecified atom stereocenters. The first-order valence-corrected chi connectivity index (χ1v) is 4.70. The Hall–Kier alpha value is -0.570. The van der Waals surface area contributed by atoms with E-state index in [-0.39, 0.29) is 11.8 Å². The highest BCUT2D eigenvalue weighted by Crippen LogP contribution is 2.12. The van der Waals surface area contributed by atoms with Gasteiger partial charge in [0.1, 0.15) is 0 Å². The van der Waals surface area contributed by atoms with Crippen molar-refractivity contribution in [3.05, 3.63) is 0 Å². The van der Waals surface area contributed by atoms with Crippen LogP contribution in [0.15, 0.2) is 0 Å². The highest BCUT2D eigenvalue weighted by Gasteiger charge is 2.19. The number of carbonyl (C=O) groups excluding carboxylic acids is 1. The van der Waals surface area contributed by atoms with Gasteiger partial charge in [-0.3, -0.25) is 4.79 Å². The Bertz CT molecular complexity index is 147. The second-order valence-electron chi connectivity index (χ2n) is 3.14. The second-order valence-corrected chi connectivity index (χ2v) is 3.14. The Morgan fingerprint density at radius 1 is 1.58 bits per heavy atom. The summed E-state index contributed by atoms with van der Waals surface area (Å²) in [5, 5.41) is 2.88. The van der Waals surface area contributed by atoms with Crippen LogP contribution in [0.1, 0.15) is 26.2 Å². The number of carbonyl (C=O) groups is 1. The average molecular weight is 171 g/mol. The predicted molar refractivity (Wildman–Crippen MR) is 46.8 cm³/mol. The molecule has 1 fully saturated rings. The normalized spacial score (nSPS) is 24.8. The Balaban J connectivity index is 2.31. The van der Waals surface area contributed by atoms with E-state index >= 15 is 0 Å². The number of rotatable bonds is 3. The number of nitrogens with one attached hydrogen (secondary N) is 1. The van der Waals surface area contributed by atoms with Crippen LogP contribution in [0.5, 0.6) is 0 Å². The Kier molecular flexibility index (Phi) is 4.08. The molecule has 1 amide bonds. The lowest BCUT2D eigenvalue weighted by Crippen LogP contribution is -2.31. The summed E-state index contributed by atoms with van der Waals surface area (Å²) < 4.78 is 5.24. The molecule has 0 aromatic carbocycles. The lowest BCUT2D eigenvalue weighted by molar-refractivity contribution is -0.126. The Labute approximate surface area is 73.5 Å². The van der Waals surface area contributed by atoms with Crippen LogP contribution in [-0.2, 0) is 9.53 Å². The van der Waals surface area contributed by atoms with Gasteiger partial charge in [0, 0.05) is 13.2 Å². The summed E-state index contributed by atoms with van der Waals surface area (Å²) >= 11 is 0. The van der Waals surface area contributed by atoms with Crippen LogP contribution >= 0.6 is 0 Å². The van der Waals surface area contributed by atoms with Gasteiger partial charge in [0.25, 0.3) is 0 Å². The van der Waals surface area contributed by atoms with Crippen LogP contribution in [0.3, 0.4) is 0 Å². The van der Waals surface area contributed by atoms with Gasteiger partial charge in [0.2, 0.25) is 5.91 Å². The third kappa shape index (κ3) is 2.81. The topological polar surface area (TPSA) is 38.3 Å². The van der Waals surface area contributed by atoms with E-state index in [0.717, 1.165) is 25.8 Å². The minimum Gasteiger partial charge on any atom is -0.381 e. The molecule has 3 heteroatoms. The van der Waals surface area contributed by atoms with E-state index in [1.807, 2.05) is 6.92 Å². The van der Waals surface area contributed by atoms with Gasteiger partial charge in [-0.1, -0.05) is 6.42 Å². The number of ether oxygens (including phenoxy) is 1. The van der Waals surface area contributed by atoms with Gasteiger partial charge in [0.15, 0.2) is 0 Å². The molecule has 1 atom stereocenters. The maximum absolute atomic E-state index is 11.3. The lowest BCUT2D eigenvalue weighted by atomic mass is 10.0. The van der Waals surface area contributed by atoms with Crippen molar-refractivity contribution in [3.63, 3.8) is 0 Å². The monoisotopic (exact) mass is 171 g/mol. The number of hydrogen-bond acceptors (Lipinski definition) is 2. The minimum absolute atomic E-state index is 0.0902. The highest BCUT2D eigenvalue weighted by molar-refractivity contribution is 5.78. The van der Waals surface area contributed by atoms with E-state index in [9.17, 15) is 4.79 Å². The average Bonchev–Trinajstić information content (AvgIpc) is 2.27. The largest absolute Gasteiger partial charge is 0.381 e. The molecular formula is C9H17NO2. The Morgan fingerprint density at radius 2 is 2.42 bits per heavy atom. The van der Waals surface area contributed by atoms with Crippen LogP contribution in [0.2, 0.25) is 0 Å². The summed E-state index contributed by atoms with van der Waals surface area (Å²) in [7, 11) is 0. The van der Waals surface area contributed by atoms with Crippen LogP contribution in [-0.4, -0.2) is 25.7 Å². The van der Waals surface area contributed by atoms with Crippen molar-refractivity contribution in [2.75, 3.05) is 19.8 Å². The minimum atomic E-state index is 0.0902. The zero-order valence-electron chi connectivity index (χ0n) is 7.64. The molecule has 3 nitrogen and oxygen atoms in total.